The maximum absolute atomic E-state index is 13.1. The van der Waals surface area contributed by atoms with Crippen molar-refractivity contribution in [1.29, 1.82) is 10.5 Å². The molecule has 3 fully saturated rings. The van der Waals surface area contributed by atoms with Gasteiger partial charge in [-0.25, -0.2) is 4.98 Å². The molecule has 7 heterocycles. The predicted molar refractivity (Wildman–Crippen MR) is 233 cm³/mol. The Balaban J connectivity index is 0.743. The van der Waals surface area contributed by atoms with Gasteiger partial charge in [-0.15, -0.1) is 10.2 Å². The van der Waals surface area contributed by atoms with E-state index in [9.17, 15) is 20.1 Å². The van der Waals surface area contributed by atoms with Crippen LogP contribution in [0, 0.1) is 35.5 Å². The molecule has 2 saturated heterocycles. The number of ether oxygens (including phenoxy) is 1. The number of pyridine rings is 1. The molecule has 4 aliphatic heterocycles. The van der Waals surface area contributed by atoms with Crippen LogP contribution in [0.25, 0.3) is 0 Å². The lowest BCUT2D eigenvalue weighted by Crippen LogP contribution is -2.42. The number of fused-ring (bicyclic) bond motifs is 2. The van der Waals surface area contributed by atoms with Gasteiger partial charge in [0.25, 0.3) is 5.91 Å². The Bertz CT molecular complexity index is 2360. The lowest BCUT2D eigenvalue weighted by atomic mass is 9.92. The number of benzene rings is 1. The molecule has 0 spiro atoms. The molecule has 0 atom stereocenters. The second kappa shape index (κ2) is 18.1. The van der Waals surface area contributed by atoms with E-state index in [1.54, 1.807) is 19.1 Å². The fraction of sp³-hybridized carbons (Fsp3) is 0.532. The van der Waals surface area contributed by atoms with E-state index in [4.69, 9.17) is 9.84 Å². The van der Waals surface area contributed by atoms with Gasteiger partial charge in [-0.3, -0.25) is 14.3 Å². The van der Waals surface area contributed by atoms with Crippen LogP contribution in [0.15, 0.2) is 42.6 Å². The molecule has 4 aromatic rings. The molecule has 1 saturated carbocycles. The highest BCUT2D eigenvalue weighted by atomic mass is 16.5. The maximum atomic E-state index is 13.1. The van der Waals surface area contributed by atoms with Gasteiger partial charge < -0.3 is 29.7 Å². The second-order valence-electron chi connectivity index (χ2n) is 17.8. The van der Waals surface area contributed by atoms with E-state index >= 15 is 0 Å². The van der Waals surface area contributed by atoms with Gasteiger partial charge in [-0.2, -0.15) is 15.6 Å². The largest absolute Gasteiger partial charge is 0.490 e. The zero-order chi connectivity index (χ0) is 42.7. The molecule has 322 valence electrons. The van der Waals surface area contributed by atoms with E-state index in [0.29, 0.717) is 42.0 Å². The Kier molecular flexibility index (Phi) is 12.1. The first-order valence-electron chi connectivity index (χ1n) is 22.5. The SMILES string of the molecule is CC(=O)N1CCc2c(c(N3CCCc4cc(C#N)ncc43)nn2C2CCN(CC3CCN(c4ccc(C(=O)NC5CCC(Oc6ccc(C#N)c(C)c6)CC5)nn4)CC3)CC2)C1. The Labute approximate surface area is 363 Å². The van der Waals surface area contributed by atoms with Crippen molar-refractivity contribution in [2.75, 3.05) is 55.6 Å². The molecule has 0 bridgehead atoms. The standard InChI is InChI=1S/C47H56N12O3/c1-31-24-40(8-5-35(31)26-48)62-39-9-6-36(7-10-39)51-47(61)42-11-12-45(53-52-42)56-21-13-33(14-22-56)29-55-19-15-38(16-20-55)59-43-17-23-57(32(2)60)30-41(43)46(54-59)58-18-3-4-34-25-37(27-49)50-28-44(34)58/h5,8,11-12,24-25,28,33,36,38-39H,3-4,6-7,9-10,13-23,29-30H2,1-2H3,(H,51,61). The molecule has 1 N–H and O–H groups in total. The van der Waals surface area contributed by atoms with Crippen LogP contribution in [0.3, 0.4) is 0 Å². The third kappa shape index (κ3) is 8.82. The van der Waals surface area contributed by atoms with Crippen molar-refractivity contribution in [3.8, 4) is 17.9 Å². The van der Waals surface area contributed by atoms with E-state index in [-0.39, 0.29) is 24.0 Å². The first-order valence-corrected chi connectivity index (χ1v) is 22.5. The van der Waals surface area contributed by atoms with E-state index < -0.39 is 0 Å². The molecule has 1 aliphatic carbocycles. The van der Waals surface area contributed by atoms with Crippen molar-refractivity contribution in [3.05, 3.63) is 81.9 Å². The number of piperidine rings is 2. The summed E-state index contributed by atoms with van der Waals surface area (Å²) in [6, 6.07) is 16.0. The number of nitrogens with one attached hydrogen (secondary N) is 1. The van der Waals surface area contributed by atoms with Crippen molar-refractivity contribution in [3.63, 3.8) is 0 Å². The number of hydrogen-bond donors (Lipinski definition) is 1. The van der Waals surface area contributed by atoms with Crippen LogP contribution in [-0.4, -0.2) is 105 Å². The van der Waals surface area contributed by atoms with E-state index in [2.05, 4.69) is 52.0 Å². The first kappa shape index (κ1) is 41.3. The summed E-state index contributed by atoms with van der Waals surface area (Å²) in [5.74, 6) is 3.06. The third-order valence-electron chi connectivity index (χ3n) is 13.8. The lowest BCUT2D eigenvalue weighted by molar-refractivity contribution is -0.129. The van der Waals surface area contributed by atoms with Gasteiger partial charge >= 0.3 is 0 Å². The number of rotatable bonds is 9. The lowest BCUT2D eigenvalue weighted by Gasteiger charge is -2.38. The van der Waals surface area contributed by atoms with Crippen LogP contribution in [0.5, 0.6) is 5.75 Å². The fourth-order valence-electron chi connectivity index (χ4n) is 10.3. The van der Waals surface area contributed by atoms with Crippen LogP contribution >= 0.6 is 0 Å². The van der Waals surface area contributed by atoms with Gasteiger partial charge in [0.1, 0.15) is 17.5 Å². The third-order valence-corrected chi connectivity index (χ3v) is 13.8. The van der Waals surface area contributed by atoms with Crippen LogP contribution in [-0.2, 0) is 24.2 Å². The van der Waals surface area contributed by atoms with Gasteiger partial charge in [0.05, 0.1) is 42.2 Å². The molecule has 62 heavy (non-hydrogen) atoms. The van der Waals surface area contributed by atoms with E-state index in [1.807, 2.05) is 42.3 Å². The number of carbonyl (C=O) groups excluding carboxylic acids is 2. The highest BCUT2D eigenvalue weighted by Gasteiger charge is 2.35. The minimum Gasteiger partial charge on any atom is -0.490 e. The van der Waals surface area contributed by atoms with Crippen LogP contribution in [0.1, 0.15) is 115 Å². The monoisotopic (exact) mass is 836 g/mol. The van der Waals surface area contributed by atoms with Crippen molar-refractivity contribution >= 4 is 29.1 Å². The molecule has 0 radical (unpaired) electrons. The summed E-state index contributed by atoms with van der Waals surface area (Å²) in [5.41, 5.74) is 6.91. The molecule has 15 heteroatoms. The predicted octanol–water partition coefficient (Wildman–Crippen LogP) is 5.78. The van der Waals surface area contributed by atoms with Gasteiger partial charge in [0, 0.05) is 76.5 Å². The van der Waals surface area contributed by atoms with E-state index in [1.165, 1.54) is 5.69 Å². The summed E-state index contributed by atoms with van der Waals surface area (Å²) in [5, 5.41) is 36.0. The molecule has 2 amide bonds. The Hall–Kier alpha value is -6.06. The summed E-state index contributed by atoms with van der Waals surface area (Å²) in [6.07, 6.45) is 12.2. The molecular formula is C47H56N12O3. The minimum absolute atomic E-state index is 0.0717. The normalized spacial score (nSPS) is 21.1. The number of nitrogens with zero attached hydrogens (tertiary/aromatic N) is 11. The van der Waals surface area contributed by atoms with Crippen molar-refractivity contribution in [2.24, 2.45) is 5.92 Å². The van der Waals surface area contributed by atoms with Gasteiger partial charge in [0.2, 0.25) is 5.91 Å². The number of amides is 2. The Morgan fingerprint density at radius 2 is 1.69 bits per heavy atom. The Morgan fingerprint density at radius 1 is 0.887 bits per heavy atom. The summed E-state index contributed by atoms with van der Waals surface area (Å²) in [4.78, 5) is 39.2. The molecule has 1 aromatic carbocycles. The quantitative estimate of drug-likeness (QED) is 0.216. The van der Waals surface area contributed by atoms with Crippen molar-refractivity contribution < 1.29 is 14.3 Å². The number of carbonyl (C=O) groups is 2. The van der Waals surface area contributed by atoms with Crippen molar-refractivity contribution in [1.82, 2.24) is 40.1 Å². The fourth-order valence-corrected chi connectivity index (χ4v) is 10.3. The molecule has 15 nitrogen and oxygen atoms in total. The molecule has 5 aliphatic rings. The number of aryl methyl sites for hydroxylation is 2. The highest BCUT2D eigenvalue weighted by Crippen LogP contribution is 2.40. The zero-order valence-electron chi connectivity index (χ0n) is 35.9. The molecule has 0 unspecified atom stereocenters. The molecule has 9 rings (SSSR count). The van der Waals surface area contributed by atoms with Gasteiger partial charge in [-0.1, -0.05) is 0 Å². The average molecular weight is 837 g/mol. The maximum Gasteiger partial charge on any atom is 0.272 e. The second-order valence-corrected chi connectivity index (χ2v) is 17.8. The van der Waals surface area contributed by atoms with E-state index in [0.717, 1.165) is 150 Å². The van der Waals surface area contributed by atoms with Gasteiger partial charge in [0.15, 0.2) is 17.3 Å². The highest BCUT2D eigenvalue weighted by molar-refractivity contribution is 5.92. The summed E-state index contributed by atoms with van der Waals surface area (Å²) >= 11 is 0. The number of aromatic nitrogens is 5. The zero-order valence-corrected chi connectivity index (χ0v) is 35.9. The summed E-state index contributed by atoms with van der Waals surface area (Å²) < 4.78 is 8.50. The smallest absolute Gasteiger partial charge is 0.272 e. The summed E-state index contributed by atoms with van der Waals surface area (Å²) in [7, 11) is 0. The van der Waals surface area contributed by atoms with Crippen LogP contribution in [0.4, 0.5) is 17.3 Å². The number of nitriles is 2. The number of hydrogen-bond acceptors (Lipinski definition) is 12. The topological polar surface area (TPSA) is 172 Å². The summed E-state index contributed by atoms with van der Waals surface area (Å²) in [6.45, 7) is 10.7. The number of likely N-dealkylation sites (tertiary alicyclic amines) is 1. The van der Waals surface area contributed by atoms with Gasteiger partial charge in [-0.05, 0) is 125 Å². The van der Waals surface area contributed by atoms with Crippen molar-refractivity contribution in [2.45, 2.75) is 109 Å². The molecule has 3 aromatic heterocycles. The number of anilines is 3. The van der Waals surface area contributed by atoms with Crippen LogP contribution in [0.2, 0.25) is 0 Å². The Morgan fingerprint density at radius 3 is 2.40 bits per heavy atom. The first-order chi connectivity index (χ1) is 30.2. The van der Waals surface area contributed by atoms with Crippen LogP contribution < -0.4 is 19.9 Å². The average Bonchev–Trinajstić information content (AvgIpc) is 3.68. The minimum atomic E-state index is -0.188. The molecular weight excluding hydrogens is 781 g/mol.